The van der Waals surface area contributed by atoms with E-state index in [0.29, 0.717) is 11.3 Å². The van der Waals surface area contributed by atoms with Gasteiger partial charge in [0.2, 0.25) is 5.95 Å². The van der Waals surface area contributed by atoms with Crippen LogP contribution in [0.1, 0.15) is 5.56 Å². The molecule has 0 saturated carbocycles. The van der Waals surface area contributed by atoms with Gasteiger partial charge in [0.05, 0.1) is 18.3 Å². The zero-order chi connectivity index (χ0) is 20.3. The smallest absolute Gasteiger partial charge is 0.279 e. The molecule has 3 aromatic rings. The van der Waals surface area contributed by atoms with E-state index in [-0.39, 0.29) is 27.3 Å². The minimum absolute atomic E-state index is 0.0195. The fourth-order valence-electron chi connectivity index (χ4n) is 2.20. The molecule has 4 N–H and O–H groups in total. The zero-order valence-electron chi connectivity index (χ0n) is 14.3. The van der Waals surface area contributed by atoms with Crippen molar-refractivity contribution in [3.63, 3.8) is 0 Å². The fourth-order valence-corrected chi connectivity index (χ4v) is 2.67. The predicted octanol–water partition coefficient (Wildman–Crippen LogP) is 3.00. The van der Waals surface area contributed by atoms with Crippen LogP contribution >= 0.6 is 23.2 Å². The normalized spacial score (nSPS) is 11.0. The third-order valence-corrected chi connectivity index (χ3v) is 4.28. The van der Waals surface area contributed by atoms with Crippen molar-refractivity contribution in [1.82, 2.24) is 15.2 Å². The van der Waals surface area contributed by atoms with E-state index in [1.807, 2.05) is 0 Å². The number of hydrazone groups is 1. The number of anilines is 1. The van der Waals surface area contributed by atoms with E-state index in [2.05, 4.69) is 25.7 Å². The van der Waals surface area contributed by atoms with Crippen LogP contribution in [-0.2, 0) is 0 Å². The Hall–Kier alpha value is -3.30. The van der Waals surface area contributed by atoms with Crippen molar-refractivity contribution >= 4 is 35.4 Å². The monoisotopic (exact) mass is 421 g/mol. The number of methoxy groups -OCH3 is 1. The van der Waals surface area contributed by atoms with E-state index in [9.17, 15) is 15.0 Å². The van der Waals surface area contributed by atoms with Crippen molar-refractivity contribution in [3.8, 4) is 28.5 Å². The molecule has 0 aliphatic carbocycles. The Kier molecular flexibility index (Phi) is 5.67. The van der Waals surface area contributed by atoms with Crippen molar-refractivity contribution in [2.24, 2.45) is 5.10 Å². The summed E-state index contributed by atoms with van der Waals surface area (Å²) in [6, 6.07) is 8.04. The Labute approximate surface area is 168 Å². The van der Waals surface area contributed by atoms with Gasteiger partial charge in [0.15, 0.2) is 11.4 Å². The lowest BCUT2D eigenvalue weighted by molar-refractivity contribution is 0.415. The number of aromatic amines is 1. The Bertz CT molecular complexity index is 1100. The number of hydrogen-bond donors (Lipinski definition) is 4. The molecular weight excluding hydrogens is 409 g/mol. The highest BCUT2D eigenvalue weighted by molar-refractivity contribution is 6.38. The number of aromatic nitrogens is 3. The zero-order valence-corrected chi connectivity index (χ0v) is 15.8. The molecule has 1 heterocycles. The maximum atomic E-state index is 12.2. The standard InChI is InChI=1S/C17H13Cl2N5O4/c1-28-10-4-2-8(3-5-10)13-16(27)21-17(24-22-13)23-20-7-9-6-11(18)15(26)12(19)14(9)25/h2-7,25-26H,1H3,(H2,21,23,24,27)/b20-7+. The molecule has 144 valence electrons. The van der Waals surface area contributed by atoms with Crippen molar-refractivity contribution in [1.29, 1.82) is 0 Å². The number of halogens is 2. The van der Waals surface area contributed by atoms with Crippen LogP contribution in [0.2, 0.25) is 10.0 Å². The van der Waals surface area contributed by atoms with Crippen molar-refractivity contribution < 1.29 is 14.9 Å². The molecule has 0 unspecified atom stereocenters. The summed E-state index contributed by atoms with van der Waals surface area (Å²) in [6.07, 6.45) is 1.18. The van der Waals surface area contributed by atoms with Crippen LogP contribution in [0, 0.1) is 0 Å². The molecule has 0 fully saturated rings. The first-order valence-corrected chi connectivity index (χ1v) is 8.46. The molecule has 0 amide bonds. The van der Waals surface area contributed by atoms with Crippen molar-refractivity contribution in [3.05, 3.63) is 56.3 Å². The molecule has 3 rings (SSSR count). The molecule has 0 atom stereocenters. The first-order chi connectivity index (χ1) is 13.4. The lowest BCUT2D eigenvalue weighted by Gasteiger charge is -2.06. The second-order valence-electron chi connectivity index (χ2n) is 5.41. The van der Waals surface area contributed by atoms with Gasteiger partial charge < -0.3 is 14.9 Å². The maximum Gasteiger partial charge on any atom is 0.279 e. The van der Waals surface area contributed by atoms with Gasteiger partial charge in [0, 0.05) is 11.1 Å². The summed E-state index contributed by atoms with van der Waals surface area (Å²) in [5.41, 5.74) is 2.84. The second kappa shape index (κ2) is 8.15. The predicted molar refractivity (Wildman–Crippen MR) is 106 cm³/mol. The molecular formula is C17H13Cl2N5O4. The van der Waals surface area contributed by atoms with Crippen molar-refractivity contribution in [2.75, 3.05) is 12.5 Å². The Morgan fingerprint density at radius 1 is 1.18 bits per heavy atom. The summed E-state index contributed by atoms with van der Waals surface area (Å²) in [7, 11) is 1.54. The van der Waals surface area contributed by atoms with Gasteiger partial charge >= 0.3 is 0 Å². The second-order valence-corrected chi connectivity index (χ2v) is 6.19. The summed E-state index contributed by atoms with van der Waals surface area (Å²) in [5, 5.41) is 30.6. The molecule has 0 radical (unpaired) electrons. The summed E-state index contributed by atoms with van der Waals surface area (Å²) < 4.78 is 5.07. The van der Waals surface area contributed by atoms with Crippen LogP contribution in [0.15, 0.2) is 40.2 Å². The van der Waals surface area contributed by atoms with Crippen LogP contribution in [-0.4, -0.2) is 38.7 Å². The van der Waals surface area contributed by atoms with Crippen molar-refractivity contribution in [2.45, 2.75) is 0 Å². The summed E-state index contributed by atoms with van der Waals surface area (Å²) >= 11 is 11.6. The number of H-pyrrole nitrogens is 1. The number of hydrogen-bond acceptors (Lipinski definition) is 8. The molecule has 0 aliphatic heterocycles. The van der Waals surface area contributed by atoms with Gasteiger partial charge in [-0.1, -0.05) is 23.2 Å². The minimum atomic E-state index is -0.476. The average molecular weight is 422 g/mol. The lowest BCUT2D eigenvalue weighted by atomic mass is 10.1. The molecule has 0 saturated heterocycles. The maximum absolute atomic E-state index is 12.2. The van der Waals surface area contributed by atoms with Crippen LogP contribution in [0.25, 0.3) is 11.3 Å². The van der Waals surface area contributed by atoms with Gasteiger partial charge in [-0.05, 0) is 30.3 Å². The quantitative estimate of drug-likeness (QED) is 0.367. The number of phenols is 2. The molecule has 0 bridgehead atoms. The Morgan fingerprint density at radius 2 is 1.89 bits per heavy atom. The number of nitrogens with one attached hydrogen (secondary N) is 2. The van der Waals surface area contributed by atoms with E-state index in [1.54, 1.807) is 31.4 Å². The Morgan fingerprint density at radius 3 is 2.54 bits per heavy atom. The van der Waals surface area contributed by atoms with E-state index in [0.717, 1.165) is 0 Å². The molecule has 0 aliphatic rings. The fraction of sp³-hybridized carbons (Fsp3) is 0.0588. The number of rotatable bonds is 5. The first-order valence-electron chi connectivity index (χ1n) is 7.71. The molecule has 1 aromatic heterocycles. The number of nitrogens with zero attached hydrogens (tertiary/aromatic N) is 3. The van der Waals surface area contributed by atoms with E-state index in [4.69, 9.17) is 27.9 Å². The highest BCUT2D eigenvalue weighted by atomic mass is 35.5. The third kappa shape index (κ3) is 4.00. The summed E-state index contributed by atoms with van der Waals surface area (Å²) in [4.78, 5) is 14.7. The highest BCUT2D eigenvalue weighted by Gasteiger charge is 2.13. The third-order valence-electron chi connectivity index (χ3n) is 3.63. The molecule has 28 heavy (non-hydrogen) atoms. The summed E-state index contributed by atoms with van der Waals surface area (Å²) in [6.45, 7) is 0. The van der Waals surface area contributed by atoms with Gasteiger partial charge in [-0.2, -0.15) is 5.10 Å². The number of aromatic hydroxyl groups is 2. The topological polar surface area (TPSA) is 133 Å². The molecule has 0 spiro atoms. The number of phenolic OH excluding ortho intramolecular Hbond substituents is 2. The lowest BCUT2D eigenvalue weighted by Crippen LogP contribution is -2.15. The van der Waals surface area contributed by atoms with Crippen LogP contribution in [0.5, 0.6) is 17.2 Å². The van der Waals surface area contributed by atoms with Gasteiger partial charge in [-0.15, -0.1) is 10.2 Å². The van der Waals surface area contributed by atoms with Crippen LogP contribution < -0.4 is 15.7 Å². The van der Waals surface area contributed by atoms with E-state index >= 15 is 0 Å². The number of ether oxygens (including phenoxy) is 1. The number of benzene rings is 2. The SMILES string of the molecule is COc1ccc(-c2nnc(N/N=C/c3cc(Cl)c(O)c(Cl)c3O)[nH]c2=O)cc1. The summed E-state index contributed by atoms with van der Waals surface area (Å²) in [5.74, 6) is -0.203. The van der Waals surface area contributed by atoms with E-state index < -0.39 is 17.1 Å². The minimum Gasteiger partial charge on any atom is -0.506 e. The van der Waals surface area contributed by atoms with Gasteiger partial charge in [-0.3, -0.25) is 9.78 Å². The van der Waals surface area contributed by atoms with Gasteiger partial charge in [-0.25, -0.2) is 5.43 Å². The van der Waals surface area contributed by atoms with Gasteiger partial charge in [0.25, 0.3) is 5.56 Å². The largest absolute Gasteiger partial charge is 0.506 e. The Balaban J connectivity index is 1.78. The molecule has 2 aromatic carbocycles. The van der Waals surface area contributed by atoms with E-state index in [1.165, 1.54) is 12.3 Å². The average Bonchev–Trinajstić information content (AvgIpc) is 2.70. The van der Waals surface area contributed by atoms with Gasteiger partial charge in [0.1, 0.15) is 16.5 Å². The molecule has 11 heteroatoms. The molecule has 9 nitrogen and oxygen atoms in total. The highest BCUT2D eigenvalue weighted by Crippen LogP contribution is 2.40. The first kappa shape index (κ1) is 19.5. The van der Waals surface area contributed by atoms with Crippen LogP contribution in [0.4, 0.5) is 5.95 Å². The van der Waals surface area contributed by atoms with Crippen LogP contribution in [0.3, 0.4) is 0 Å².